The summed E-state index contributed by atoms with van der Waals surface area (Å²) in [5.41, 5.74) is 2.41. The Morgan fingerprint density at radius 1 is 0.970 bits per heavy atom. The van der Waals surface area contributed by atoms with Crippen LogP contribution in [-0.4, -0.2) is 22.0 Å². The number of benzene rings is 3. The molecule has 0 bridgehead atoms. The van der Waals surface area contributed by atoms with E-state index in [1.54, 1.807) is 6.07 Å². The molecule has 0 spiro atoms. The molecule has 5 rings (SSSR count). The summed E-state index contributed by atoms with van der Waals surface area (Å²) >= 11 is 0. The van der Waals surface area contributed by atoms with Crippen LogP contribution >= 0.6 is 0 Å². The number of fused-ring (bicyclic) bond motifs is 1. The van der Waals surface area contributed by atoms with E-state index in [4.69, 9.17) is 4.98 Å². The molecular formula is C26H22F3N3O. The summed E-state index contributed by atoms with van der Waals surface area (Å²) in [4.78, 5) is 19.2. The van der Waals surface area contributed by atoms with Crippen LogP contribution in [0.4, 0.5) is 18.9 Å². The molecule has 168 valence electrons. The highest BCUT2D eigenvalue weighted by Crippen LogP contribution is 2.38. The minimum Gasteiger partial charge on any atom is -0.320 e. The van der Waals surface area contributed by atoms with Crippen molar-refractivity contribution in [1.29, 1.82) is 0 Å². The van der Waals surface area contributed by atoms with Crippen molar-refractivity contribution in [2.45, 2.75) is 31.5 Å². The molecular weight excluding hydrogens is 427 g/mol. The number of aromatic nitrogens is 2. The lowest BCUT2D eigenvalue weighted by Crippen LogP contribution is -2.25. The molecule has 4 nitrogen and oxygen atoms in total. The number of para-hydroxylation sites is 2. The fourth-order valence-corrected chi connectivity index (χ4v) is 4.62. The normalized spacial score (nSPS) is 17.6. The maximum Gasteiger partial charge on any atom is 0.416 e. The van der Waals surface area contributed by atoms with Crippen LogP contribution in [0.5, 0.6) is 0 Å². The van der Waals surface area contributed by atoms with Gasteiger partial charge in [0.05, 0.1) is 22.6 Å². The lowest BCUT2D eigenvalue weighted by molar-refractivity contribution is -0.137. The standard InChI is InChI=1S/C26H22F3N3O/c1-17(18-8-3-2-4-9-18)32-23-13-6-5-12-22(23)30-25(32)19-14-24(33)31(16-19)21-11-7-10-20(15-21)26(27,28)29/h2-13,15,17,19H,14,16H2,1H3/t17-,19-/m0/s1. The number of halogens is 3. The zero-order chi connectivity index (χ0) is 23.2. The average Bonchev–Trinajstić information content (AvgIpc) is 3.39. The van der Waals surface area contributed by atoms with E-state index in [1.165, 1.54) is 11.0 Å². The fraction of sp³-hybridized carbons (Fsp3) is 0.231. The van der Waals surface area contributed by atoms with Gasteiger partial charge in [0.1, 0.15) is 5.82 Å². The van der Waals surface area contributed by atoms with E-state index in [0.717, 1.165) is 34.6 Å². The SMILES string of the molecule is C[C@@H](c1ccccc1)n1c([C@H]2CC(=O)N(c3cccc(C(F)(F)F)c3)C2)nc2ccccc21. The van der Waals surface area contributed by atoms with Gasteiger partial charge in [-0.05, 0) is 42.8 Å². The number of carbonyl (C=O) groups excluding carboxylic acids is 1. The summed E-state index contributed by atoms with van der Waals surface area (Å²) in [5, 5.41) is 0. The van der Waals surface area contributed by atoms with Gasteiger partial charge in [-0.15, -0.1) is 0 Å². The van der Waals surface area contributed by atoms with Gasteiger partial charge in [0.25, 0.3) is 0 Å². The fourth-order valence-electron chi connectivity index (χ4n) is 4.62. The Hall–Kier alpha value is -3.61. The van der Waals surface area contributed by atoms with E-state index in [-0.39, 0.29) is 36.5 Å². The quantitative estimate of drug-likeness (QED) is 0.373. The molecule has 1 fully saturated rings. The zero-order valence-electron chi connectivity index (χ0n) is 18.0. The summed E-state index contributed by atoms with van der Waals surface area (Å²) in [6.07, 6.45) is -4.27. The smallest absolute Gasteiger partial charge is 0.320 e. The van der Waals surface area contributed by atoms with E-state index in [1.807, 2.05) is 42.5 Å². The molecule has 1 aliphatic rings. The van der Waals surface area contributed by atoms with Gasteiger partial charge in [-0.25, -0.2) is 4.98 Å². The first-order chi connectivity index (χ1) is 15.8. The topological polar surface area (TPSA) is 38.1 Å². The van der Waals surface area contributed by atoms with Crippen LogP contribution in [0.15, 0.2) is 78.9 Å². The molecule has 1 saturated heterocycles. The lowest BCUT2D eigenvalue weighted by Gasteiger charge is -2.21. The molecule has 1 aromatic heterocycles. The summed E-state index contributed by atoms with van der Waals surface area (Å²) in [7, 11) is 0. The van der Waals surface area contributed by atoms with Crippen molar-refractivity contribution < 1.29 is 18.0 Å². The molecule has 2 heterocycles. The number of imidazole rings is 1. The van der Waals surface area contributed by atoms with Gasteiger partial charge in [-0.3, -0.25) is 4.79 Å². The largest absolute Gasteiger partial charge is 0.416 e. The molecule has 0 radical (unpaired) electrons. The second-order valence-electron chi connectivity index (χ2n) is 8.37. The van der Waals surface area contributed by atoms with Crippen LogP contribution < -0.4 is 4.90 Å². The molecule has 1 aliphatic heterocycles. The van der Waals surface area contributed by atoms with Crippen LogP contribution in [0.2, 0.25) is 0 Å². The maximum absolute atomic E-state index is 13.2. The van der Waals surface area contributed by atoms with Crippen molar-refractivity contribution in [3.8, 4) is 0 Å². The van der Waals surface area contributed by atoms with Crippen LogP contribution in [0.1, 0.15) is 42.3 Å². The minimum atomic E-state index is -4.46. The first kappa shape index (κ1) is 21.2. The highest BCUT2D eigenvalue weighted by Gasteiger charge is 2.37. The predicted octanol–water partition coefficient (Wildman–Crippen LogP) is 6.18. The predicted molar refractivity (Wildman–Crippen MR) is 121 cm³/mol. The molecule has 1 amide bonds. The van der Waals surface area contributed by atoms with Gasteiger partial charge < -0.3 is 9.47 Å². The van der Waals surface area contributed by atoms with Gasteiger partial charge in [-0.1, -0.05) is 48.5 Å². The maximum atomic E-state index is 13.2. The first-order valence-corrected chi connectivity index (χ1v) is 10.8. The molecule has 3 aromatic carbocycles. The second-order valence-corrected chi connectivity index (χ2v) is 8.37. The van der Waals surface area contributed by atoms with Crippen molar-refractivity contribution in [2.75, 3.05) is 11.4 Å². The summed E-state index contributed by atoms with van der Waals surface area (Å²) < 4.78 is 41.7. The highest BCUT2D eigenvalue weighted by atomic mass is 19.4. The third kappa shape index (κ3) is 3.88. The molecule has 0 N–H and O–H groups in total. The highest BCUT2D eigenvalue weighted by molar-refractivity contribution is 5.96. The van der Waals surface area contributed by atoms with Gasteiger partial charge >= 0.3 is 6.18 Å². The zero-order valence-corrected chi connectivity index (χ0v) is 18.0. The van der Waals surface area contributed by atoms with Crippen molar-refractivity contribution in [2.24, 2.45) is 0 Å². The molecule has 0 aliphatic carbocycles. The van der Waals surface area contributed by atoms with E-state index >= 15 is 0 Å². The Bertz CT molecular complexity index is 1310. The Balaban J connectivity index is 1.54. The first-order valence-electron chi connectivity index (χ1n) is 10.8. The number of hydrogen-bond acceptors (Lipinski definition) is 2. The molecule has 0 unspecified atom stereocenters. The van der Waals surface area contributed by atoms with E-state index < -0.39 is 11.7 Å². The number of rotatable bonds is 4. The number of anilines is 1. The number of carbonyl (C=O) groups is 1. The molecule has 0 saturated carbocycles. The van der Waals surface area contributed by atoms with Crippen LogP contribution in [-0.2, 0) is 11.0 Å². The molecule has 2 atom stereocenters. The van der Waals surface area contributed by atoms with Crippen molar-refractivity contribution >= 4 is 22.6 Å². The van der Waals surface area contributed by atoms with Gasteiger partial charge in [0.15, 0.2) is 0 Å². The summed E-state index contributed by atoms with van der Waals surface area (Å²) in [6, 6.07) is 22.8. The van der Waals surface area contributed by atoms with Gasteiger partial charge in [0.2, 0.25) is 5.91 Å². The van der Waals surface area contributed by atoms with E-state index in [9.17, 15) is 18.0 Å². The monoisotopic (exact) mass is 449 g/mol. The lowest BCUT2D eigenvalue weighted by atomic mass is 10.0. The summed E-state index contributed by atoms with van der Waals surface area (Å²) in [5.74, 6) is 0.339. The number of amides is 1. The third-order valence-electron chi connectivity index (χ3n) is 6.27. The van der Waals surface area contributed by atoms with Crippen molar-refractivity contribution in [3.63, 3.8) is 0 Å². The second kappa shape index (κ2) is 8.06. The molecule has 33 heavy (non-hydrogen) atoms. The Labute approximate surface area is 189 Å². The van der Waals surface area contributed by atoms with E-state index in [0.29, 0.717) is 0 Å². The van der Waals surface area contributed by atoms with Crippen LogP contribution in [0.25, 0.3) is 11.0 Å². The van der Waals surface area contributed by atoms with Crippen molar-refractivity contribution in [3.05, 3.63) is 95.8 Å². The summed E-state index contributed by atoms with van der Waals surface area (Å²) in [6.45, 7) is 2.37. The Morgan fingerprint density at radius 2 is 1.70 bits per heavy atom. The van der Waals surface area contributed by atoms with Crippen LogP contribution in [0, 0.1) is 0 Å². The number of nitrogens with zero attached hydrogens (tertiary/aromatic N) is 3. The Morgan fingerprint density at radius 3 is 2.45 bits per heavy atom. The molecule has 4 aromatic rings. The third-order valence-corrected chi connectivity index (χ3v) is 6.27. The van der Waals surface area contributed by atoms with Crippen molar-refractivity contribution in [1.82, 2.24) is 9.55 Å². The Kier molecular flexibility index (Phi) is 5.19. The number of hydrogen-bond donors (Lipinski definition) is 0. The van der Waals surface area contributed by atoms with Crippen LogP contribution in [0.3, 0.4) is 0 Å². The van der Waals surface area contributed by atoms with E-state index in [2.05, 4.69) is 23.6 Å². The number of alkyl halides is 3. The molecule has 7 heteroatoms. The van der Waals surface area contributed by atoms with Gasteiger partial charge in [0, 0.05) is 24.6 Å². The van der Waals surface area contributed by atoms with Gasteiger partial charge in [-0.2, -0.15) is 13.2 Å². The average molecular weight is 449 g/mol. The minimum absolute atomic E-state index is 0.0219.